The van der Waals surface area contributed by atoms with Crippen LogP contribution in [0.4, 0.5) is 5.13 Å². The fraction of sp³-hybridized carbons (Fsp3) is 0.278. The van der Waals surface area contributed by atoms with Gasteiger partial charge in [-0.1, -0.05) is 23.5 Å². The molecule has 1 aromatic heterocycles. The summed E-state index contributed by atoms with van der Waals surface area (Å²) in [5.41, 5.74) is 3.68. The van der Waals surface area contributed by atoms with Crippen molar-refractivity contribution in [3.05, 3.63) is 47.5 Å². The lowest BCUT2D eigenvalue weighted by Crippen LogP contribution is -2.30. The third-order valence-corrected chi connectivity index (χ3v) is 5.37. The summed E-state index contributed by atoms with van der Waals surface area (Å²) in [5.74, 6) is 1.77. The number of thiazole rings is 1. The van der Waals surface area contributed by atoms with E-state index in [0.717, 1.165) is 41.7 Å². The Morgan fingerprint density at radius 2 is 2.00 bits per heavy atom. The number of fused-ring (bicyclic) bond motifs is 2. The van der Waals surface area contributed by atoms with E-state index in [1.54, 1.807) is 25.6 Å². The quantitative estimate of drug-likeness (QED) is 0.732. The summed E-state index contributed by atoms with van der Waals surface area (Å²) in [4.78, 5) is 7.15. The van der Waals surface area contributed by atoms with E-state index >= 15 is 0 Å². The molecule has 0 fully saturated rings. The largest absolute Gasteiger partial charge is 0.497 e. The van der Waals surface area contributed by atoms with Gasteiger partial charge in [-0.3, -0.25) is 0 Å². The normalized spacial score (nSPS) is 13.9. The Bertz CT molecular complexity index is 859. The van der Waals surface area contributed by atoms with Gasteiger partial charge in [0.25, 0.3) is 0 Å². The molecule has 23 heavy (non-hydrogen) atoms. The molecule has 0 spiro atoms. The van der Waals surface area contributed by atoms with Crippen molar-refractivity contribution < 1.29 is 9.47 Å². The van der Waals surface area contributed by atoms with Gasteiger partial charge in [-0.25, -0.2) is 4.98 Å². The van der Waals surface area contributed by atoms with Crippen LogP contribution < -0.4 is 14.4 Å². The number of hydrogen-bond acceptors (Lipinski definition) is 5. The highest BCUT2D eigenvalue weighted by Crippen LogP contribution is 2.36. The number of aromatic nitrogens is 1. The van der Waals surface area contributed by atoms with E-state index in [2.05, 4.69) is 23.1 Å². The topological polar surface area (TPSA) is 34.6 Å². The molecular weight excluding hydrogens is 308 g/mol. The Morgan fingerprint density at radius 3 is 2.83 bits per heavy atom. The lowest BCUT2D eigenvalue weighted by Gasteiger charge is -2.28. The summed E-state index contributed by atoms with van der Waals surface area (Å²) in [6.45, 7) is 1.86. The molecule has 0 unspecified atom stereocenters. The van der Waals surface area contributed by atoms with Crippen LogP contribution in [0.5, 0.6) is 11.5 Å². The number of ether oxygens (including phenoxy) is 2. The standard InChI is InChI=1S/C18H18N2O2S/c1-21-14-7-6-13-11-20(9-8-12(13)10-14)18-19-17-15(22-2)4-3-5-16(17)23-18/h3-7,10H,8-9,11H2,1-2H3. The first-order valence-corrected chi connectivity index (χ1v) is 8.44. The smallest absolute Gasteiger partial charge is 0.186 e. The second-order valence-electron chi connectivity index (χ2n) is 5.61. The van der Waals surface area contributed by atoms with E-state index in [-0.39, 0.29) is 0 Å². The number of nitrogens with zero attached hydrogens (tertiary/aromatic N) is 2. The average molecular weight is 326 g/mol. The van der Waals surface area contributed by atoms with Crippen molar-refractivity contribution >= 4 is 26.7 Å². The average Bonchev–Trinajstić information content (AvgIpc) is 3.05. The number of anilines is 1. The van der Waals surface area contributed by atoms with Crippen LogP contribution in [0, 0.1) is 0 Å². The minimum Gasteiger partial charge on any atom is -0.497 e. The maximum atomic E-state index is 5.42. The lowest BCUT2D eigenvalue weighted by molar-refractivity contribution is 0.413. The van der Waals surface area contributed by atoms with Crippen LogP contribution in [-0.2, 0) is 13.0 Å². The number of rotatable bonds is 3. The Morgan fingerprint density at radius 1 is 1.09 bits per heavy atom. The zero-order valence-electron chi connectivity index (χ0n) is 13.2. The van der Waals surface area contributed by atoms with E-state index in [4.69, 9.17) is 14.5 Å². The van der Waals surface area contributed by atoms with Gasteiger partial charge in [-0.2, -0.15) is 0 Å². The van der Waals surface area contributed by atoms with Gasteiger partial charge in [0.05, 0.1) is 18.9 Å². The zero-order valence-corrected chi connectivity index (χ0v) is 14.0. The fourth-order valence-corrected chi connectivity index (χ4v) is 4.04. The Kier molecular flexibility index (Phi) is 3.58. The van der Waals surface area contributed by atoms with Gasteiger partial charge in [0.1, 0.15) is 17.0 Å². The van der Waals surface area contributed by atoms with Crippen LogP contribution in [0.3, 0.4) is 0 Å². The van der Waals surface area contributed by atoms with Crippen LogP contribution in [0.2, 0.25) is 0 Å². The highest BCUT2D eigenvalue weighted by atomic mass is 32.1. The molecule has 1 aliphatic heterocycles. The van der Waals surface area contributed by atoms with Crippen LogP contribution in [-0.4, -0.2) is 25.7 Å². The van der Waals surface area contributed by atoms with Crippen molar-refractivity contribution in [3.8, 4) is 11.5 Å². The van der Waals surface area contributed by atoms with E-state index in [1.165, 1.54) is 15.8 Å². The minimum absolute atomic E-state index is 0.840. The molecule has 0 saturated heterocycles. The van der Waals surface area contributed by atoms with Crippen molar-refractivity contribution in [2.75, 3.05) is 25.7 Å². The van der Waals surface area contributed by atoms with E-state index in [1.807, 2.05) is 18.2 Å². The summed E-state index contributed by atoms with van der Waals surface area (Å²) in [5, 5.41) is 1.06. The molecule has 4 rings (SSSR count). The predicted molar refractivity (Wildman–Crippen MR) is 93.9 cm³/mol. The van der Waals surface area contributed by atoms with Crippen LogP contribution >= 0.6 is 11.3 Å². The number of benzene rings is 2. The maximum absolute atomic E-state index is 5.42. The third-order valence-electron chi connectivity index (χ3n) is 4.29. The summed E-state index contributed by atoms with van der Waals surface area (Å²) in [6.07, 6.45) is 1.01. The summed E-state index contributed by atoms with van der Waals surface area (Å²) < 4.78 is 11.9. The number of methoxy groups -OCH3 is 2. The van der Waals surface area contributed by atoms with Crippen molar-refractivity contribution in [2.24, 2.45) is 0 Å². The molecule has 1 aliphatic rings. The third kappa shape index (κ3) is 2.51. The van der Waals surface area contributed by atoms with Gasteiger partial charge in [-0.05, 0) is 41.8 Å². The Labute approximate surface area is 139 Å². The second kappa shape index (κ2) is 5.74. The summed E-state index contributed by atoms with van der Waals surface area (Å²) in [6, 6.07) is 12.4. The van der Waals surface area contributed by atoms with Gasteiger partial charge in [0.2, 0.25) is 0 Å². The molecule has 3 aromatic rings. The highest BCUT2D eigenvalue weighted by molar-refractivity contribution is 7.22. The first kappa shape index (κ1) is 14.3. The summed E-state index contributed by atoms with van der Waals surface area (Å²) >= 11 is 1.73. The predicted octanol–water partition coefficient (Wildman–Crippen LogP) is 3.88. The van der Waals surface area contributed by atoms with Gasteiger partial charge < -0.3 is 14.4 Å². The van der Waals surface area contributed by atoms with E-state index in [0.29, 0.717) is 0 Å². The Hall–Kier alpha value is -2.27. The SMILES string of the molecule is COc1ccc2c(c1)CCN(c1nc3c(OC)cccc3s1)C2. The molecule has 0 aliphatic carbocycles. The molecule has 0 amide bonds. The van der Waals surface area contributed by atoms with Crippen LogP contribution in [0.25, 0.3) is 10.2 Å². The molecule has 5 heteroatoms. The van der Waals surface area contributed by atoms with Crippen molar-refractivity contribution in [1.82, 2.24) is 4.98 Å². The molecule has 0 saturated carbocycles. The van der Waals surface area contributed by atoms with Crippen molar-refractivity contribution in [3.63, 3.8) is 0 Å². The summed E-state index contributed by atoms with van der Waals surface area (Å²) in [7, 11) is 3.41. The minimum atomic E-state index is 0.840. The number of hydrogen-bond donors (Lipinski definition) is 0. The second-order valence-corrected chi connectivity index (χ2v) is 6.62. The highest BCUT2D eigenvalue weighted by Gasteiger charge is 2.20. The molecular formula is C18H18N2O2S. The van der Waals surface area contributed by atoms with Crippen LogP contribution in [0.15, 0.2) is 36.4 Å². The lowest BCUT2D eigenvalue weighted by atomic mass is 10.00. The molecule has 4 nitrogen and oxygen atoms in total. The number of para-hydroxylation sites is 1. The molecule has 0 N–H and O–H groups in total. The van der Waals surface area contributed by atoms with Crippen molar-refractivity contribution in [1.29, 1.82) is 0 Å². The van der Waals surface area contributed by atoms with E-state index in [9.17, 15) is 0 Å². The van der Waals surface area contributed by atoms with E-state index < -0.39 is 0 Å². The molecule has 2 aromatic carbocycles. The molecule has 0 radical (unpaired) electrons. The van der Waals surface area contributed by atoms with Gasteiger partial charge in [-0.15, -0.1) is 0 Å². The van der Waals surface area contributed by atoms with Crippen molar-refractivity contribution in [2.45, 2.75) is 13.0 Å². The fourth-order valence-electron chi connectivity index (χ4n) is 3.03. The van der Waals surface area contributed by atoms with Gasteiger partial charge in [0, 0.05) is 13.1 Å². The zero-order chi connectivity index (χ0) is 15.8. The molecule has 0 bridgehead atoms. The molecule has 0 atom stereocenters. The first-order chi connectivity index (χ1) is 11.3. The monoisotopic (exact) mass is 326 g/mol. The maximum Gasteiger partial charge on any atom is 0.186 e. The molecule has 2 heterocycles. The van der Waals surface area contributed by atoms with Gasteiger partial charge >= 0.3 is 0 Å². The van der Waals surface area contributed by atoms with Crippen LogP contribution in [0.1, 0.15) is 11.1 Å². The Balaban J connectivity index is 1.66. The first-order valence-electron chi connectivity index (χ1n) is 7.63. The van der Waals surface area contributed by atoms with Gasteiger partial charge in [0.15, 0.2) is 5.13 Å². The molecule has 118 valence electrons.